The van der Waals surface area contributed by atoms with E-state index in [1.807, 2.05) is 30.3 Å². The van der Waals surface area contributed by atoms with Crippen molar-refractivity contribution >= 4 is 22.7 Å². The van der Waals surface area contributed by atoms with Gasteiger partial charge >= 0.3 is 0 Å². The minimum absolute atomic E-state index is 0.0732. The summed E-state index contributed by atoms with van der Waals surface area (Å²) in [6.07, 6.45) is 2.56. The summed E-state index contributed by atoms with van der Waals surface area (Å²) in [6.45, 7) is 10.8. The van der Waals surface area contributed by atoms with Crippen LogP contribution in [0.2, 0.25) is 0 Å². The second-order valence-corrected chi connectivity index (χ2v) is 9.93. The van der Waals surface area contributed by atoms with Gasteiger partial charge in [0.25, 0.3) is 0 Å². The summed E-state index contributed by atoms with van der Waals surface area (Å²) < 4.78 is 12.4. The summed E-state index contributed by atoms with van der Waals surface area (Å²) in [5, 5.41) is 3.33. The lowest BCUT2D eigenvalue weighted by atomic mass is 9.87. The van der Waals surface area contributed by atoms with Crippen molar-refractivity contribution < 1.29 is 9.47 Å². The number of imidazole rings is 1. The minimum Gasteiger partial charge on any atom is -0.483 e. The van der Waals surface area contributed by atoms with Crippen molar-refractivity contribution in [3.8, 4) is 17.4 Å². The van der Waals surface area contributed by atoms with E-state index in [0.29, 0.717) is 17.6 Å². The molecule has 0 unspecified atom stereocenters. The highest BCUT2D eigenvalue weighted by Crippen LogP contribution is 2.44. The Kier molecular flexibility index (Phi) is 4.62. The highest BCUT2D eigenvalue weighted by molar-refractivity contribution is 5.79. The van der Waals surface area contributed by atoms with Crippen LogP contribution in [0.5, 0.6) is 17.4 Å². The van der Waals surface area contributed by atoms with Crippen LogP contribution < -0.4 is 14.8 Å². The first-order chi connectivity index (χ1) is 15.2. The molecule has 32 heavy (non-hydrogen) atoms. The molecule has 1 aliphatic rings. The van der Waals surface area contributed by atoms with Crippen LogP contribution in [0.25, 0.3) is 11.0 Å². The van der Waals surface area contributed by atoms with Gasteiger partial charge in [-0.15, -0.1) is 0 Å². The number of H-pyrrole nitrogens is 1. The molecule has 164 valence electrons. The van der Waals surface area contributed by atoms with Crippen molar-refractivity contribution in [2.24, 2.45) is 0 Å². The predicted octanol–water partition coefficient (Wildman–Crippen LogP) is 6.50. The number of nitrogens with one attached hydrogen (secondary N) is 2. The number of rotatable bonds is 4. The van der Waals surface area contributed by atoms with Crippen molar-refractivity contribution in [2.45, 2.75) is 52.1 Å². The van der Waals surface area contributed by atoms with Crippen LogP contribution in [-0.4, -0.2) is 20.6 Å². The number of hydrogen-bond acceptors (Lipinski definition) is 5. The maximum atomic E-state index is 6.22. The summed E-state index contributed by atoms with van der Waals surface area (Å²) in [7, 11) is 0. The number of nitrogens with zero attached hydrogens (tertiary/aromatic N) is 2. The molecule has 0 aliphatic carbocycles. The summed E-state index contributed by atoms with van der Waals surface area (Å²) in [5.41, 5.74) is 4.84. The van der Waals surface area contributed by atoms with Crippen molar-refractivity contribution in [3.05, 3.63) is 65.9 Å². The molecule has 6 nitrogen and oxygen atoms in total. The summed E-state index contributed by atoms with van der Waals surface area (Å²) in [6, 6.07) is 16.1. The third-order valence-electron chi connectivity index (χ3n) is 5.63. The second kappa shape index (κ2) is 7.26. The molecule has 0 saturated carbocycles. The highest BCUT2D eigenvalue weighted by atomic mass is 16.5. The fourth-order valence-corrected chi connectivity index (χ4v) is 4.00. The SMILES string of the molecule is CC1(C)Cc2cccc(Oc3ncccc3Nc3nc4ccc(C(C)(C)C)cc4[nH]3)c2O1. The van der Waals surface area contributed by atoms with Crippen molar-refractivity contribution in [1.29, 1.82) is 0 Å². The molecule has 5 rings (SSSR count). The van der Waals surface area contributed by atoms with E-state index < -0.39 is 0 Å². The highest BCUT2D eigenvalue weighted by Gasteiger charge is 2.32. The molecule has 0 amide bonds. The number of para-hydroxylation sites is 1. The third kappa shape index (κ3) is 3.88. The zero-order valence-electron chi connectivity index (χ0n) is 19.1. The molecule has 6 heteroatoms. The molecule has 0 spiro atoms. The standard InChI is InChI=1S/C26H28N4O2/c1-25(2,3)17-11-12-18-20(14-17)30-24(28-18)29-19-9-7-13-27-23(19)31-21-10-6-8-16-15-26(4,5)32-22(16)21/h6-14H,15H2,1-5H3,(H2,28,29,30). The molecule has 2 N–H and O–H groups in total. The van der Waals surface area contributed by atoms with Gasteiger partial charge in [-0.1, -0.05) is 39.0 Å². The number of aromatic amines is 1. The van der Waals surface area contributed by atoms with Crippen LogP contribution in [0.3, 0.4) is 0 Å². The van der Waals surface area contributed by atoms with Crippen LogP contribution in [0.1, 0.15) is 45.7 Å². The molecule has 1 aliphatic heterocycles. The van der Waals surface area contributed by atoms with Crippen molar-refractivity contribution in [2.75, 3.05) is 5.32 Å². The van der Waals surface area contributed by atoms with Crippen LogP contribution in [0, 0.1) is 0 Å². The lowest BCUT2D eigenvalue weighted by molar-refractivity contribution is 0.135. The molecule has 0 bridgehead atoms. The fraction of sp³-hybridized carbons (Fsp3) is 0.308. The van der Waals surface area contributed by atoms with E-state index in [0.717, 1.165) is 34.5 Å². The first kappa shape index (κ1) is 20.4. The van der Waals surface area contributed by atoms with E-state index in [-0.39, 0.29) is 11.0 Å². The van der Waals surface area contributed by atoms with Gasteiger partial charge in [-0.3, -0.25) is 0 Å². The number of anilines is 2. The molecule has 0 fully saturated rings. The Hall–Kier alpha value is -3.54. The monoisotopic (exact) mass is 428 g/mol. The summed E-state index contributed by atoms with van der Waals surface area (Å²) in [5.74, 6) is 2.55. The molecule has 4 aromatic rings. The van der Waals surface area contributed by atoms with Gasteiger partial charge in [-0.05, 0) is 55.2 Å². The van der Waals surface area contributed by atoms with Crippen LogP contribution in [0.4, 0.5) is 11.6 Å². The molecule has 2 aromatic carbocycles. The van der Waals surface area contributed by atoms with Gasteiger partial charge in [0.15, 0.2) is 11.5 Å². The van der Waals surface area contributed by atoms with Gasteiger partial charge in [-0.2, -0.15) is 0 Å². The largest absolute Gasteiger partial charge is 0.483 e. The first-order valence-corrected chi connectivity index (χ1v) is 10.9. The third-order valence-corrected chi connectivity index (χ3v) is 5.63. The maximum Gasteiger partial charge on any atom is 0.243 e. The Balaban J connectivity index is 1.44. The summed E-state index contributed by atoms with van der Waals surface area (Å²) >= 11 is 0. The average molecular weight is 429 g/mol. The minimum atomic E-state index is -0.243. The number of aromatic nitrogens is 3. The molecular weight excluding hydrogens is 400 g/mol. The second-order valence-electron chi connectivity index (χ2n) is 9.93. The average Bonchev–Trinajstić information content (AvgIpc) is 3.27. The normalized spacial score (nSPS) is 14.8. The van der Waals surface area contributed by atoms with Crippen LogP contribution >= 0.6 is 0 Å². The van der Waals surface area contributed by atoms with E-state index in [2.05, 4.69) is 73.1 Å². The van der Waals surface area contributed by atoms with Crippen LogP contribution in [0.15, 0.2) is 54.7 Å². The van der Waals surface area contributed by atoms with E-state index in [4.69, 9.17) is 9.47 Å². The smallest absolute Gasteiger partial charge is 0.243 e. The Labute approximate surface area is 188 Å². The van der Waals surface area contributed by atoms with Gasteiger partial charge in [-0.25, -0.2) is 9.97 Å². The maximum absolute atomic E-state index is 6.22. The number of hydrogen-bond donors (Lipinski definition) is 2. The van der Waals surface area contributed by atoms with Gasteiger partial charge in [0.05, 0.1) is 11.0 Å². The van der Waals surface area contributed by atoms with Gasteiger partial charge in [0.2, 0.25) is 11.8 Å². The Morgan fingerprint density at radius 1 is 1.09 bits per heavy atom. The number of ether oxygens (including phenoxy) is 2. The first-order valence-electron chi connectivity index (χ1n) is 10.9. The van der Waals surface area contributed by atoms with E-state index in [1.165, 1.54) is 5.56 Å². The van der Waals surface area contributed by atoms with E-state index in [9.17, 15) is 0 Å². The molecule has 0 saturated heterocycles. The zero-order chi connectivity index (χ0) is 22.5. The van der Waals surface area contributed by atoms with Gasteiger partial charge in [0, 0.05) is 18.2 Å². The Morgan fingerprint density at radius 3 is 2.75 bits per heavy atom. The zero-order valence-corrected chi connectivity index (χ0v) is 19.1. The predicted molar refractivity (Wildman–Crippen MR) is 127 cm³/mol. The Morgan fingerprint density at radius 2 is 1.94 bits per heavy atom. The molecule has 0 radical (unpaired) electrons. The van der Waals surface area contributed by atoms with Gasteiger partial charge < -0.3 is 19.8 Å². The number of benzene rings is 2. The quantitative estimate of drug-likeness (QED) is 0.388. The molecule has 0 atom stereocenters. The topological polar surface area (TPSA) is 72.1 Å². The summed E-state index contributed by atoms with van der Waals surface area (Å²) in [4.78, 5) is 12.5. The number of fused-ring (bicyclic) bond motifs is 2. The van der Waals surface area contributed by atoms with E-state index in [1.54, 1.807) is 6.20 Å². The van der Waals surface area contributed by atoms with Crippen molar-refractivity contribution in [3.63, 3.8) is 0 Å². The lowest BCUT2D eigenvalue weighted by Crippen LogP contribution is -2.24. The fourth-order valence-electron chi connectivity index (χ4n) is 4.00. The lowest BCUT2D eigenvalue weighted by Gasteiger charge is -2.18. The molecular formula is C26H28N4O2. The molecule has 3 heterocycles. The van der Waals surface area contributed by atoms with Crippen LogP contribution in [-0.2, 0) is 11.8 Å². The molecule has 2 aromatic heterocycles. The van der Waals surface area contributed by atoms with E-state index >= 15 is 0 Å². The van der Waals surface area contributed by atoms with Gasteiger partial charge in [0.1, 0.15) is 11.3 Å². The number of pyridine rings is 1. The van der Waals surface area contributed by atoms with Crippen molar-refractivity contribution in [1.82, 2.24) is 15.0 Å². The Bertz CT molecular complexity index is 1300.